The topological polar surface area (TPSA) is 178 Å². The number of carbonyl (C=O) groups excluding carboxylic acids is 6. The fraction of sp³-hybridized carbons (Fsp3) is 0.733. The van der Waals surface area contributed by atoms with Gasteiger partial charge in [0, 0.05) is 64.7 Å². The van der Waals surface area contributed by atoms with Crippen molar-refractivity contribution in [1.82, 2.24) is 0 Å². The van der Waals surface area contributed by atoms with Crippen LogP contribution in [0.4, 0.5) is 0 Å². The van der Waals surface area contributed by atoms with Crippen molar-refractivity contribution in [2.24, 2.45) is 22.7 Å². The van der Waals surface area contributed by atoms with Gasteiger partial charge >= 0.3 is 29.8 Å². The summed E-state index contributed by atoms with van der Waals surface area (Å²) in [6.07, 6.45) is -7.23. The number of Topliss-reactive ketones (excluding diaryl/α,β-unsaturated/α-hetero) is 1. The van der Waals surface area contributed by atoms with Crippen LogP contribution in [-0.4, -0.2) is 89.1 Å². The fourth-order valence-corrected chi connectivity index (χ4v) is 8.27. The number of carbonyl (C=O) groups is 6. The normalized spacial score (nSPS) is 43.3. The SMILES string of the molecule is C=C1C(OC(C)=O)CC(OC(C)=O)[C@@]2(C)C(OC(C)=O)C(OC(C)=O)[C@@]3(O)[C@@]4(C)OC[C@]3(C)[C@@H](CC4=O)C(OC(C)=O)[C@H]12. The summed E-state index contributed by atoms with van der Waals surface area (Å²) in [7, 11) is 0. The van der Waals surface area contributed by atoms with E-state index in [4.69, 9.17) is 28.4 Å². The molecule has 1 aliphatic heterocycles. The van der Waals surface area contributed by atoms with Crippen molar-refractivity contribution < 1.29 is 62.3 Å². The predicted octanol–water partition coefficient (Wildman–Crippen LogP) is 1.36. The van der Waals surface area contributed by atoms with Crippen LogP contribution in [0.25, 0.3) is 0 Å². The first-order chi connectivity index (χ1) is 19.7. The predicted molar refractivity (Wildman–Crippen MR) is 144 cm³/mol. The molecule has 3 aliphatic carbocycles. The van der Waals surface area contributed by atoms with Crippen molar-refractivity contribution in [2.75, 3.05) is 6.61 Å². The van der Waals surface area contributed by atoms with E-state index in [-0.39, 0.29) is 25.0 Å². The maximum absolute atomic E-state index is 13.9. The van der Waals surface area contributed by atoms with E-state index in [1.807, 2.05) is 0 Å². The van der Waals surface area contributed by atoms with Crippen molar-refractivity contribution in [2.45, 2.75) is 110 Å². The molecular weight excluding hydrogens is 568 g/mol. The molecule has 4 aliphatic rings. The quantitative estimate of drug-likeness (QED) is 0.269. The maximum atomic E-state index is 13.9. The Morgan fingerprint density at radius 1 is 0.814 bits per heavy atom. The molecule has 0 aromatic heterocycles. The molecule has 1 N–H and O–H groups in total. The van der Waals surface area contributed by atoms with Crippen LogP contribution in [0.1, 0.15) is 68.2 Å². The smallest absolute Gasteiger partial charge is 0.303 e. The Labute approximate surface area is 249 Å². The largest absolute Gasteiger partial charge is 0.462 e. The zero-order chi connectivity index (χ0) is 32.4. The first-order valence-electron chi connectivity index (χ1n) is 14.2. The third-order valence-electron chi connectivity index (χ3n) is 10.1. The van der Waals surface area contributed by atoms with Gasteiger partial charge in [-0.15, -0.1) is 0 Å². The second-order valence-corrected chi connectivity index (χ2v) is 12.7. The minimum absolute atomic E-state index is 0.143. The van der Waals surface area contributed by atoms with Crippen molar-refractivity contribution in [1.29, 1.82) is 0 Å². The summed E-state index contributed by atoms with van der Waals surface area (Å²) in [5.74, 6) is -6.45. The van der Waals surface area contributed by atoms with Gasteiger partial charge in [-0.25, -0.2) is 0 Å². The van der Waals surface area contributed by atoms with Gasteiger partial charge in [-0.1, -0.05) is 20.4 Å². The number of hydrogen-bond donors (Lipinski definition) is 1. The number of hydrogen-bond acceptors (Lipinski definition) is 13. The lowest BCUT2D eigenvalue weighted by atomic mass is 9.44. The Morgan fingerprint density at radius 3 is 1.84 bits per heavy atom. The Hall–Kier alpha value is -3.32. The monoisotopic (exact) mass is 608 g/mol. The van der Waals surface area contributed by atoms with E-state index in [2.05, 4.69) is 6.58 Å². The van der Waals surface area contributed by atoms with Gasteiger partial charge in [-0.05, 0) is 12.5 Å². The lowest BCUT2D eigenvalue weighted by Crippen LogP contribution is -2.80. The Morgan fingerprint density at radius 2 is 1.33 bits per heavy atom. The molecule has 0 aromatic carbocycles. The van der Waals surface area contributed by atoms with Crippen LogP contribution >= 0.6 is 0 Å². The minimum atomic E-state index is -2.33. The van der Waals surface area contributed by atoms with E-state index < -0.39 is 100 Å². The van der Waals surface area contributed by atoms with Gasteiger partial charge in [0.05, 0.1) is 12.0 Å². The first-order valence-corrected chi connectivity index (χ1v) is 14.2. The zero-order valence-electron chi connectivity index (χ0n) is 25.7. The molecule has 0 radical (unpaired) electrons. The van der Waals surface area contributed by atoms with E-state index >= 15 is 0 Å². The molecule has 0 aromatic rings. The zero-order valence-corrected chi connectivity index (χ0v) is 25.7. The molecule has 11 atom stereocenters. The maximum Gasteiger partial charge on any atom is 0.303 e. The first kappa shape index (κ1) is 32.6. The van der Waals surface area contributed by atoms with Crippen LogP contribution in [0, 0.1) is 22.7 Å². The van der Waals surface area contributed by atoms with Crippen LogP contribution < -0.4 is 0 Å². The molecule has 1 heterocycles. The van der Waals surface area contributed by atoms with E-state index in [1.54, 1.807) is 13.8 Å². The molecule has 4 rings (SSSR count). The summed E-state index contributed by atoms with van der Waals surface area (Å²) in [5.41, 5.74) is -7.08. The van der Waals surface area contributed by atoms with Gasteiger partial charge in [0.25, 0.3) is 0 Å². The number of ether oxygens (including phenoxy) is 6. The number of rotatable bonds is 5. The summed E-state index contributed by atoms with van der Waals surface area (Å²) >= 11 is 0. The third kappa shape index (κ3) is 4.66. The van der Waals surface area contributed by atoms with Gasteiger partial charge in [-0.2, -0.15) is 0 Å². The molecule has 5 unspecified atom stereocenters. The molecule has 1 saturated heterocycles. The summed E-state index contributed by atoms with van der Waals surface area (Å²) in [6, 6.07) is 0. The van der Waals surface area contributed by atoms with E-state index in [1.165, 1.54) is 20.8 Å². The molecule has 13 nitrogen and oxygen atoms in total. The van der Waals surface area contributed by atoms with Crippen LogP contribution in [0.3, 0.4) is 0 Å². The second-order valence-electron chi connectivity index (χ2n) is 12.7. The molecule has 238 valence electrons. The highest BCUT2D eigenvalue weighted by Gasteiger charge is 2.82. The van der Waals surface area contributed by atoms with Crippen LogP contribution in [0.15, 0.2) is 12.2 Å². The average molecular weight is 609 g/mol. The van der Waals surface area contributed by atoms with Gasteiger partial charge in [-0.3, -0.25) is 28.8 Å². The van der Waals surface area contributed by atoms with E-state index in [0.29, 0.717) is 0 Å². The van der Waals surface area contributed by atoms with Crippen molar-refractivity contribution in [3.63, 3.8) is 0 Å². The average Bonchev–Trinajstić information content (AvgIpc) is 3.01. The lowest BCUT2D eigenvalue weighted by Gasteiger charge is -2.64. The molecule has 4 fully saturated rings. The van der Waals surface area contributed by atoms with Gasteiger partial charge in [0.1, 0.15) is 23.9 Å². The summed E-state index contributed by atoms with van der Waals surface area (Å²) < 4.78 is 35.2. The van der Waals surface area contributed by atoms with Crippen LogP contribution in [0.2, 0.25) is 0 Å². The molecule has 0 spiro atoms. The van der Waals surface area contributed by atoms with Crippen molar-refractivity contribution >= 4 is 35.6 Å². The van der Waals surface area contributed by atoms with Crippen molar-refractivity contribution in [3.8, 4) is 0 Å². The molecule has 13 heteroatoms. The standard InChI is InChI=1S/C30H40O13/c1-13-20(39-14(2)31)11-22(40-15(3)32)28(8)23(13)24(41-16(4)33)19-10-21(36)29(9)30(37,27(19,7)12-38-29)26(43-18(6)35)25(28)42-17(5)34/h19-20,22-26,37H,1,10-12H2,2-9H3/t19-,20?,22?,23-,24?,25?,26?,27+,28+,29-,30-/m0/s1. The van der Waals surface area contributed by atoms with Crippen LogP contribution in [0.5, 0.6) is 0 Å². The molecule has 4 bridgehead atoms. The Balaban J connectivity index is 2.15. The van der Waals surface area contributed by atoms with E-state index in [9.17, 15) is 33.9 Å². The van der Waals surface area contributed by atoms with Gasteiger partial charge in [0.2, 0.25) is 0 Å². The molecular formula is C30H40O13. The van der Waals surface area contributed by atoms with Crippen LogP contribution in [-0.2, 0) is 57.2 Å². The number of fused-ring (bicyclic) bond motifs is 1. The highest BCUT2D eigenvalue weighted by atomic mass is 16.6. The Kier molecular flexibility index (Phi) is 8.10. The van der Waals surface area contributed by atoms with Gasteiger partial charge in [0.15, 0.2) is 23.6 Å². The lowest BCUT2D eigenvalue weighted by molar-refractivity contribution is -0.295. The number of esters is 5. The second kappa shape index (κ2) is 10.7. The fourth-order valence-electron chi connectivity index (χ4n) is 8.27. The highest BCUT2D eigenvalue weighted by Crippen LogP contribution is 2.67. The third-order valence-corrected chi connectivity index (χ3v) is 10.1. The minimum Gasteiger partial charge on any atom is -0.462 e. The molecule has 43 heavy (non-hydrogen) atoms. The van der Waals surface area contributed by atoms with E-state index in [0.717, 1.165) is 20.8 Å². The summed E-state index contributed by atoms with van der Waals surface area (Å²) in [5, 5.41) is 12.9. The van der Waals surface area contributed by atoms with Crippen molar-refractivity contribution in [3.05, 3.63) is 12.2 Å². The summed E-state index contributed by atoms with van der Waals surface area (Å²) in [6.45, 7) is 14.4. The number of aliphatic hydroxyl groups is 1. The number of ketones is 1. The Bertz CT molecular complexity index is 1270. The summed E-state index contributed by atoms with van der Waals surface area (Å²) in [4.78, 5) is 76.8. The molecule has 0 amide bonds. The highest BCUT2D eigenvalue weighted by molar-refractivity contribution is 5.91. The molecule has 3 saturated carbocycles. The van der Waals surface area contributed by atoms with Gasteiger partial charge < -0.3 is 33.5 Å².